The molecule has 1 atom stereocenters. The van der Waals surface area contributed by atoms with Crippen LogP contribution in [-0.2, 0) is 6.42 Å². The standard InChI is InChI=1S/C12H12F2N2OS/c13-12(14)17-9-3-1-2-8(6-9)10(15)7-11-16-4-5-18-11/h1-6,10,12H,7,15H2. The van der Waals surface area contributed by atoms with Crippen molar-refractivity contribution in [2.75, 3.05) is 0 Å². The summed E-state index contributed by atoms with van der Waals surface area (Å²) in [6.07, 6.45) is 2.29. The van der Waals surface area contributed by atoms with Crippen LogP contribution in [0.15, 0.2) is 35.8 Å². The van der Waals surface area contributed by atoms with E-state index in [0.717, 1.165) is 10.6 Å². The van der Waals surface area contributed by atoms with Gasteiger partial charge in [-0.3, -0.25) is 0 Å². The molecule has 0 amide bonds. The summed E-state index contributed by atoms with van der Waals surface area (Å²) >= 11 is 1.52. The minimum absolute atomic E-state index is 0.122. The highest BCUT2D eigenvalue weighted by atomic mass is 32.1. The summed E-state index contributed by atoms with van der Waals surface area (Å²) < 4.78 is 28.5. The Morgan fingerprint density at radius 1 is 1.39 bits per heavy atom. The number of hydrogen-bond donors (Lipinski definition) is 1. The van der Waals surface area contributed by atoms with E-state index in [1.807, 2.05) is 5.38 Å². The molecule has 0 spiro atoms. The van der Waals surface area contributed by atoms with Crippen molar-refractivity contribution < 1.29 is 13.5 Å². The number of nitrogens with zero attached hydrogens (tertiary/aromatic N) is 1. The third-order valence-corrected chi connectivity index (χ3v) is 3.19. The normalized spacial score (nSPS) is 12.7. The predicted octanol–water partition coefficient (Wildman–Crippen LogP) is 2.99. The van der Waals surface area contributed by atoms with Crippen LogP contribution < -0.4 is 10.5 Å². The van der Waals surface area contributed by atoms with Crippen molar-refractivity contribution in [1.82, 2.24) is 4.98 Å². The molecule has 2 N–H and O–H groups in total. The Hall–Kier alpha value is -1.53. The number of thiazole rings is 1. The predicted molar refractivity (Wildman–Crippen MR) is 65.8 cm³/mol. The highest BCUT2D eigenvalue weighted by Gasteiger charge is 2.11. The second-order valence-electron chi connectivity index (χ2n) is 3.69. The molecule has 18 heavy (non-hydrogen) atoms. The lowest BCUT2D eigenvalue weighted by Gasteiger charge is -2.12. The van der Waals surface area contributed by atoms with Crippen molar-refractivity contribution in [1.29, 1.82) is 0 Å². The molecule has 1 unspecified atom stereocenters. The summed E-state index contributed by atoms with van der Waals surface area (Å²) in [5.74, 6) is 0.122. The minimum atomic E-state index is -2.82. The van der Waals surface area contributed by atoms with Crippen LogP contribution in [0.2, 0.25) is 0 Å². The number of ether oxygens (including phenoxy) is 1. The molecule has 0 fully saturated rings. The van der Waals surface area contributed by atoms with Gasteiger partial charge in [0.15, 0.2) is 0 Å². The number of aromatic nitrogens is 1. The number of hydrogen-bond acceptors (Lipinski definition) is 4. The first kappa shape index (κ1) is 12.9. The van der Waals surface area contributed by atoms with Crippen LogP contribution in [0.1, 0.15) is 16.6 Å². The third-order valence-electron chi connectivity index (χ3n) is 2.39. The van der Waals surface area contributed by atoms with Gasteiger partial charge in [0.2, 0.25) is 0 Å². The first-order valence-corrected chi connectivity index (χ1v) is 6.22. The molecule has 3 nitrogen and oxygen atoms in total. The van der Waals surface area contributed by atoms with Crippen molar-refractivity contribution in [3.05, 3.63) is 46.4 Å². The lowest BCUT2D eigenvalue weighted by Crippen LogP contribution is -2.13. The van der Waals surface area contributed by atoms with Gasteiger partial charge in [0, 0.05) is 24.0 Å². The van der Waals surface area contributed by atoms with E-state index in [0.29, 0.717) is 6.42 Å². The number of benzene rings is 1. The van der Waals surface area contributed by atoms with Crippen LogP contribution in [0.25, 0.3) is 0 Å². The maximum absolute atomic E-state index is 12.1. The average Bonchev–Trinajstić information content (AvgIpc) is 2.81. The molecule has 2 aromatic rings. The molecule has 96 valence electrons. The van der Waals surface area contributed by atoms with Crippen LogP contribution in [0.5, 0.6) is 5.75 Å². The fraction of sp³-hybridized carbons (Fsp3) is 0.250. The summed E-state index contributed by atoms with van der Waals surface area (Å²) in [6, 6.07) is 6.17. The van der Waals surface area contributed by atoms with E-state index in [2.05, 4.69) is 9.72 Å². The number of alkyl halides is 2. The number of halogens is 2. The fourth-order valence-electron chi connectivity index (χ4n) is 1.58. The van der Waals surface area contributed by atoms with Gasteiger partial charge in [-0.15, -0.1) is 11.3 Å². The summed E-state index contributed by atoms with van der Waals surface area (Å²) in [5, 5.41) is 2.79. The van der Waals surface area contributed by atoms with Crippen molar-refractivity contribution in [3.8, 4) is 5.75 Å². The Morgan fingerprint density at radius 3 is 2.89 bits per heavy atom. The molecule has 0 saturated heterocycles. The van der Waals surface area contributed by atoms with E-state index >= 15 is 0 Å². The zero-order valence-corrected chi connectivity index (χ0v) is 10.2. The minimum Gasteiger partial charge on any atom is -0.435 e. The third kappa shape index (κ3) is 3.48. The Morgan fingerprint density at radius 2 is 2.22 bits per heavy atom. The van der Waals surface area contributed by atoms with Gasteiger partial charge in [-0.05, 0) is 17.7 Å². The van der Waals surface area contributed by atoms with Gasteiger partial charge in [0.25, 0.3) is 0 Å². The molecule has 1 heterocycles. The van der Waals surface area contributed by atoms with Gasteiger partial charge in [0.1, 0.15) is 5.75 Å². The van der Waals surface area contributed by atoms with Gasteiger partial charge >= 0.3 is 6.61 Å². The fourth-order valence-corrected chi connectivity index (χ4v) is 2.26. The lowest BCUT2D eigenvalue weighted by atomic mass is 10.0. The van der Waals surface area contributed by atoms with Gasteiger partial charge in [-0.25, -0.2) is 4.98 Å². The largest absolute Gasteiger partial charge is 0.435 e. The van der Waals surface area contributed by atoms with Crippen LogP contribution in [0.3, 0.4) is 0 Å². The molecule has 0 aliphatic carbocycles. The second kappa shape index (κ2) is 5.88. The number of rotatable bonds is 5. The Kier molecular flexibility index (Phi) is 4.22. The monoisotopic (exact) mass is 270 g/mol. The molecule has 0 saturated carbocycles. The summed E-state index contributed by atoms with van der Waals surface area (Å²) in [7, 11) is 0. The van der Waals surface area contributed by atoms with E-state index in [1.54, 1.807) is 18.3 Å². The highest BCUT2D eigenvalue weighted by molar-refractivity contribution is 7.09. The van der Waals surface area contributed by atoms with Crippen LogP contribution in [-0.4, -0.2) is 11.6 Å². The van der Waals surface area contributed by atoms with Gasteiger partial charge in [-0.1, -0.05) is 12.1 Å². The first-order chi connectivity index (χ1) is 8.65. The maximum Gasteiger partial charge on any atom is 0.387 e. The zero-order chi connectivity index (χ0) is 13.0. The number of nitrogens with two attached hydrogens (primary N) is 1. The first-order valence-electron chi connectivity index (χ1n) is 5.34. The van der Waals surface area contributed by atoms with Crippen LogP contribution in [0, 0.1) is 0 Å². The Bertz CT molecular complexity index is 491. The van der Waals surface area contributed by atoms with E-state index in [4.69, 9.17) is 5.73 Å². The summed E-state index contributed by atoms with van der Waals surface area (Å²) in [6.45, 7) is -2.82. The molecule has 0 aliphatic heterocycles. The van der Waals surface area contributed by atoms with E-state index in [9.17, 15) is 8.78 Å². The average molecular weight is 270 g/mol. The SMILES string of the molecule is NC(Cc1nccs1)c1cccc(OC(F)F)c1. The van der Waals surface area contributed by atoms with Gasteiger partial charge in [0.05, 0.1) is 5.01 Å². The summed E-state index contributed by atoms with van der Waals surface area (Å²) in [5.41, 5.74) is 6.76. The van der Waals surface area contributed by atoms with Crippen LogP contribution in [0.4, 0.5) is 8.78 Å². The van der Waals surface area contributed by atoms with Crippen LogP contribution >= 0.6 is 11.3 Å². The topological polar surface area (TPSA) is 48.1 Å². The Balaban J connectivity index is 2.07. The quantitative estimate of drug-likeness (QED) is 0.908. The maximum atomic E-state index is 12.1. The molecule has 1 aromatic carbocycles. The molecule has 6 heteroatoms. The van der Waals surface area contributed by atoms with E-state index < -0.39 is 6.61 Å². The van der Waals surface area contributed by atoms with Crippen molar-refractivity contribution in [3.63, 3.8) is 0 Å². The van der Waals surface area contributed by atoms with Gasteiger partial charge in [-0.2, -0.15) is 8.78 Å². The Labute approximate surface area is 107 Å². The van der Waals surface area contributed by atoms with Crippen molar-refractivity contribution in [2.24, 2.45) is 5.73 Å². The smallest absolute Gasteiger partial charge is 0.387 e. The molecule has 0 bridgehead atoms. The van der Waals surface area contributed by atoms with E-state index in [-0.39, 0.29) is 11.8 Å². The molecular formula is C12H12F2N2OS. The summed E-state index contributed by atoms with van der Waals surface area (Å²) in [4.78, 5) is 4.14. The second-order valence-corrected chi connectivity index (χ2v) is 4.67. The van der Waals surface area contributed by atoms with E-state index in [1.165, 1.54) is 23.5 Å². The zero-order valence-electron chi connectivity index (χ0n) is 9.42. The molecular weight excluding hydrogens is 258 g/mol. The van der Waals surface area contributed by atoms with Gasteiger partial charge < -0.3 is 10.5 Å². The lowest BCUT2D eigenvalue weighted by molar-refractivity contribution is -0.0498. The molecule has 0 aliphatic rings. The molecule has 2 rings (SSSR count). The highest BCUT2D eigenvalue weighted by Crippen LogP contribution is 2.22. The van der Waals surface area contributed by atoms with Crippen molar-refractivity contribution >= 4 is 11.3 Å². The molecule has 0 radical (unpaired) electrons. The molecule has 1 aromatic heterocycles. The van der Waals surface area contributed by atoms with Crippen molar-refractivity contribution in [2.45, 2.75) is 19.1 Å².